The second-order valence-electron chi connectivity index (χ2n) is 3.12. The van der Waals surface area contributed by atoms with Crippen LogP contribution in [-0.2, 0) is 4.79 Å². The summed E-state index contributed by atoms with van der Waals surface area (Å²) in [5.74, 6) is -5.88. The van der Waals surface area contributed by atoms with Crippen molar-refractivity contribution in [3.05, 3.63) is 35.5 Å². The zero-order valence-corrected chi connectivity index (χ0v) is 7.75. The average Bonchev–Trinajstić information content (AvgIpc) is 2.65. The lowest BCUT2D eigenvalue weighted by molar-refractivity contribution is -0.131. The third kappa shape index (κ3) is 1.35. The highest BCUT2D eigenvalue weighted by Crippen LogP contribution is 2.23. The molecule has 2 rings (SSSR count). The molecule has 0 aliphatic heterocycles. The molecule has 82 valence electrons. The lowest BCUT2D eigenvalue weighted by Crippen LogP contribution is -2.16. The van der Waals surface area contributed by atoms with Gasteiger partial charge in [0.25, 0.3) is 5.78 Å². The van der Waals surface area contributed by atoms with Crippen LogP contribution in [-0.4, -0.2) is 21.8 Å². The number of Topliss-reactive ketones (excluding diaryl/α,β-unsaturated/α-hetero) is 1. The molecular weight excluding hydrogens is 220 g/mol. The molecule has 0 unspecified atom stereocenters. The third-order valence-corrected chi connectivity index (χ3v) is 2.16. The Balaban J connectivity index is 2.78. The van der Waals surface area contributed by atoms with Crippen LogP contribution in [0.25, 0.3) is 10.9 Å². The van der Waals surface area contributed by atoms with Gasteiger partial charge in [-0.3, -0.25) is 4.79 Å². The summed E-state index contributed by atoms with van der Waals surface area (Å²) < 4.78 is 26.9. The summed E-state index contributed by atoms with van der Waals surface area (Å²) in [6.07, 6.45) is 1.36. The first-order valence-corrected chi connectivity index (χ1v) is 4.25. The molecule has 2 N–H and O–H groups in total. The maximum Gasteiger partial charge on any atom is 0.377 e. The molecule has 1 aromatic carbocycles. The van der Waals surface area contributed by atoms with E-state index in [2.05, 4.69) is 4.98 Å². The van der Waals surface area contributed by atoms with Gasteiger partial charge >= 0.3 is 5.97 Å². The van der Waals surface area contributed by atoms with Crippen LogP contribution in [0.3, 0.4) is 0 Å². The molecule has 1 heterocycles. The van der Waals surface area contributed by atoms with Gasteiger partial charge in [-0.25, -0.2) is 13.6 Å². The molecule has 0 saturated carbocycles. The lowest BCUT2D eigenvalue weighted by Gasteiger charge is -2.02. The number of H-pyrrole nitrogens is 1. The molecule has 0 bridgehead atoms. The van der Waals surface area contributed by atoms with E-state index in [1.807, 2.05) is 0 Å². The molecule has 16 heavy (non-hydrogen) atoms. The van der Waals surface area contributed by atoms with Crippen LogP contribution < -0.4 is 0 Å². The number of fused-ring (bicyclic) bond motifs is 1. The summed E-state index contributed by atoms with van der Waals surface area (Å²) in [6.45, 7) is 0. The van der Waals surface area contributed by atoms with Crippen LogP contribution in [0.2, 0.25) is 0 Å². The molecule has 6 heteroatoms. The number of ketones is 1. The predicted molar refractivity (Wildman–Crippen MR) is 50.2 cm³/mol. The molecule has 0 atom stereocenters. The minimum Gasteiger partial charge on any atom is -0.475 e. The largest absolute Gasteiger partial charge is 0.475 e. The van der Waals surface area contributed by atoms with E-state index in [1.54, 1.807) is 0 Å². The second kappa shape index (κ2) is 3.41. The Morgan fingerprint density at radius 1 is 1.31 bits per heavy atom. The Bertz CT molecular complexity index is 603. The first-order chi connectivity index (χ1) is 7.52. The Labute approximate surface area is 87.5 Å². The number of rotatable bonds is 2. The van der Waals surface area contributed by atoms with Crippen LogP contribution >= 0.6 is 0 Å². The van der Waals surface area contributed by atoms with Gasteiger partial charge in [0.2, 0.25) is 0 Å². The molecule has 0 amide bonds. The first kappa shape index (κ1) is 10.3. The summed E-state index contributed by atoms with van der Waals surface area (Å²) >= 11 is 0. The topological polar surface area (TPSA) is 70.2 Å². The lowest BCUT2D eigenvalue weighted by atomic mass is 10.1. The van der Waals surface area contributed by atoms with E-state index in [0.717, 1.165) is 6.07 Å². The number of carbonyl (C=O) groups is 2. The van der Waals surface area contributed by atoms with E-state index < -0.39 is 29.0 Å². The number of halogens is 2. The standard InChI is InChI=1S/C10H5F2NO3/c11-5-3-4-1-2-13-8(4)7(12)6(5)9(14)10(15)16/h1-3,13H,(H,15,16). The summed E-state index contributed by atoms with van der Waals surface area (Å²) in [5, 5.41) is 8.65. The number of nitrogens with one attached hydrogen (secondary N) is 1. The van der Waals surface area contributed by atoms with Crippen molar-refractivity contribution in [2.24, 2.45) is 0 Å². The fraction of sp³-hybridized carbons (Fsp3) is 0. The van der Waals surface area contributed by atoms with Gasteiger partial charge in [0, 0.05) is 11.6 Å². The maximum absolute atomic E-state index is 13.6. The highest BCUT2D eigenvalue weighted by Gasteiger charge is 2.25. The van der Waals surface area contributed by atoms with Crippen molar-refractivity contribution in [3.63, 3.8) is 0 Å². The van der Waals surface area contributed by atoms with E-state index >= 15 is 0 Å². The van der Waals surface area contributed by atoms with Crippen LogP contribution in [0.1, 0.15) is 10.4 Å². The minimum atomic E-state index is -1.90. The van der Waals surface area contributed by atoms with Crippen molar-refractivity contribution in [1.29, 1.82) is 0 Å². The van der Waals surface area contributed by atoms with Gasteiger partial charge in [0.05, 0.1) is 5.52 Å². The number of aromatic nitrogens is 1. The van der Waals surface area contributed by atoms with Crippen LogP contribution in [0, 0.1) is 11.6 Å². The molecule has 1 aromatic heterocycles. The summed E-state index contributed by atoms with van der Waals surface area (Å²) in [5.41, 5.74) is -1.14. The molecule has 0 aliphatic rings. The monoisotopic (exact) mass is 225 g/mol. The van der Waals surface area contributed by atoms with Crippen molar-refractivity contribution < 1.29 is 23.5 Å². The highest BCUT2D eigenvalue weighted by molar-refractivity contribution is 6.40. The number of carboxylic acid groups (broad SMARTS) is 1. The Morgan fingerprint density at radius 2 is 2.00 bits per heavy atom. The van der Waals surface area contributed by atoms with E-state index in [1.165, 1.54) is 12.3 Å². The Hall–Kier alpha value is -2.24. The van der Waals surface area contributed by atoms with Gasteiger partial charge in [0.1, 0.15) is 11.4 Å². The number of carboxylic acids is 1. The van der Waals surface area contributed by atoms with Crippen molar-refractivity contribution in [1.82, 2.24) is 4.98 Å². The number of hydrogen-bond acceptors (Lipinski definition) is 2. The SMILES string of the molecule is O=C(O)C(=O)c1c(F)cc2cc[nH]c2c1F. The molecular formula is C10H5F2NO3. The van der Waals surface area contributed by atoms with Crippen LogP contribution in [0.5, 0.6) is 0 Å². The van der Waals surface area contributed by atoms with Gasteiger partial charge in [-0.05, 0) is 12.1 Å². The minimum absolute atomic E-state index is 0.0917. The zero-order chi connectivity index (χ0) is 11.9. The molecule has 2 aromatic rings. The normalized spacial score (nSPS) is 10.6. The quantitative estimate of drug-likeness (QED) is 0.603. The van der Waals surface area contributed by atoms with Gasteiger partial charge in [-0.1, -0.05) is 0 Å². The fourth-order valence-corrected chi connectivity index (χ4v) is 1.45. The van der Waals surface area contributed by atoms with Crippen molar-refractivity contribution in [2.75, 3.05) is 0 Å². The third-order valence-electron chi connectivity index (χ3n) is 2.16. The molecule has 0 radical (unpaired) electrons. The molecule has 4 nitrogen and oxygen atoms in total. The van der Waals surface area contributed by atoms with E-state index in [-0.39, 0.29) is 10.9 Å². The summed E-state index contributed by atoms with van der Waals surface area (Å²) in [6, 6.07) is 2.32. The number of hydrogen-bond donors (Lipinski definition) is 2. The van der Waals surface area contributed by atoms with Gasteiger partial charge in [0.15, 0.2) is 5.82 Å². The predicted octanol–water partition coefficient (Wildman–Crippen LogP) is 1.71. The van der Waals surface area contributed by atoms with Crippen molar-refractivity contribution in [2.45, 2.75) is 0 Å². The maximum atomic E-state index is 13.6. The number of carbonyl (C=O) groups excluding carboxylic acids is 1. The molecule has 0 saturated heterocycles. The highest BCUT2D eigenvalue weighted by atomic mass is 19.1. The molecule has 0 spiro atoms. The fourth-order valence-electron chi connectivity index (χ4n) is 1.45. The number of benzene rings is 1. The first-order valence-electron chi connectivity index (χ1n) is 4.25. The van der Waals surface area contributed by atoms with Crippen molar-refractivity contribution >= 4 is 22.7 Å². The second-order valence-corrected chi connectivity index (χ2v) is 3.12. The number of aromatic amines is 1. The van der Waals surface area contributed by atoms with Crippen LogP contribution in [0.4, 0.5) is 8.78 Å². The van der Waals surface area contributed by atoms with Gasteiger partial charge in [-0.15, -0.1) is 0 Å². The van der Waals surface area contributed by atoms with E-state index in [4.69, 9.17) is 5.11 Å². The Kier molecular flexibility index (Phi) is 2.19. The Morgan fingerprint density at radius 3 is 2.62 bits per heavy atom. The van der Waals surface area contributed by atoms with E-state index in [0.29, 0.717) is 0 Å². The summed E-state index contributed by atoms with van der Waals surface area (Å²) in [4.78, 5) is 23.9. The number of aliphatic carboxylic acids is 1. The average molecular weight is 225 g/mol. The smallest absolute Gasteiger partial charge is 0.377 e. The van der Waals surface area contributed by atoms with Gasteiger partial charge < -0.3 is 10.1 Å². The van der Waals surface area contributed by atoms with Crippen LogP contribution in [0.15, 0.2) is 18.3 Å². The summed E-state index contributed by atoms with van der Waals surface area (Å²) in [7, 11) is 0. The molecule has 0 fully saturated rings. The van der Waals surface area contributed by atoms with E-state index in [9.17, 15) is 18.4 Å². The molecule has 0 aliphatic carbocycles. The van der Waals surface area contributed by atoms with Crippen molar-refractivity contribution in [3.8, 4) is 0 Å². The van der Waals surface area contributed by atoms with Gasteiger partial charge in [-0.2, -0.15) is 0 Å². The zero-order valence-electron chi connectivity index (χ0n) is 7.75.